The number of nitrogens with zero attached hydrogens (tertiary/aromatic N) is 2. The van der Waals surface area contributed by atoms with Crippen molar-refractivity contribution in [1.29, 1.82) is 0 Å². The van der Waals surface area contributed by atoms with Crippen LogP contribution < -0.4 is 21.1 Å². The summed E-state index contributed by atoms with van der Waals surface area (Å²) in [4.78, 5) is 17.9. The molecule has 7 nitrogen and oxygen atoms in total. The lowest BCUT2D eigenvalue weighted by molar-refractivity contribution is -0.123. The van der Waals surface area contributed by atoms with E-state index in [1.165, 1.54) is 0 Å². The SMILES string of the molecule is CN=C(NCCCCN1CCC(C(N)=O)CC1)NCC(C)Oc1ccc(Cl)cc1.I. The summed E-state index contributed by atoms with van der Waals surface area (Å²) in [5.41, 5.74) is 5.39. The normalized spacial score (nSPS) is 16.4. The van der Waals surface area contributed by atoms with E-state index < -0.39 is 0 Å². The monoisotopic (exact) mass is 551 g/mol. The highest BCUT2D eigenvalue weighted by atomic mass is 127. The van der Waals surface area contributed by atoms with Crippen molar-refractivity contribution in [3.8, 4) is 5.75 Å². The van der Waals surface area contributed by atoms with Crippen LogP contribution in [0.5, 0.6) is 5.75 Å². The number of piperidine rings is 1. The summed E-state index contributed by atoms with van der Waals surface area (Å²) >= 11 is 5.89. The van der Waals surface area contributed by atoms with Crippen LogP contribution in [0.1, 0.15) is 32.6 Å². The van der Waals surface area contributed by atoms with Crippen molar-refractivity contribution < 1.29 is 9.53 Å². The van der Waals surface area contributed by atoms with Crippen LogP contribution in [0.15, 0.2) is 29.3 Å². The maximum Gasteiger partial charge on any atom is 0.220 e. The van der Waals surface area contributed by atoms with E-state index >= 15 is 0 Å². The molecule has 1 atom stereocenters. The molecule has 1 amide bonds. The summed E-state index contributed by atoms with van der Waals surface area (Å²) < 4.78 is 5.86. The average molecular weight is 552 g/mol. The average Bonchev–Trinajstić information content (AvgIpc) is 2.72. The van der Waals surface area contributed by atoms with Crippen LogP contribution in [0, 0.1) is 5.92 Å². The Bertz CT molecular complexity index is 651. The van der Waals surface area contributed by atoms with E-state index in [1.54, 1.807) is 7.05 Å². The van der Waals surface area contributed by atoms with Gasteiger partial charge in [-0.2, -0.15) is 0 Å². The minimum atomic E-state index is -0.152. The van der Waals surface area contributed by atoms with Gasteiger partial charge in [0.1, 0.15) is 11.9 Å². The van der Waals surface area contributed by atoms with E-state index in [9.17, 15) is 4.79 Å². The molecular weight excluding hydrogens is 517 g/mol. The molecule has 1 fully saturated rings. The lowest BCUT2D eigenvalue weighted by Crippen LogP contribution is -2.42. The van der Waals surface area contributed by atoms with Gasteiger partial charge in [0.15, 0.2) is 5.96 Å². The molecule has 1 aromatic carbocycles. The van der Waals surface area contributed by atoms with Gasteiger partial charge >= 0.3 is 0 Å². The number of halogens is 2. The van der Waals surface area contributed by atoms with Crippen molar-refractivity contribution in [3.05, 3.63) is 29.3 Å². The predicted octanol–water partition coefficient (Wildman–Crippen LogP) is 2.87. The van der Waals surface area contributed by atoms with Crippen LogP contribution >= 0.6 is 35.6 Å². The molecule has 0 radical (unpaired) electrons. The Labute approximate surface area is 202 Å². The van der Waals surface area contributed by atoms with Crippen molar-refractivity contribution in [2.24, 2.45) is 16.6 Å². The minimum Gasteiger partial charge on any atom is -0.489 e. The van der Waals surface area contributed by atoms with Crippen molar-refractivity contribution in [1.82, 2.24) is 15.5 Å². The van der Waals surface area contributed by atoms with Gasteiger partial charge in [-0.3, -0.25) is 9.79 Å². The Balaban J connectivity index is 0.00000450. The number of nitrogens with two attached hydrogens (primary N) is 1. The van der Waals surface area contributed by atoms with Crippen LogP contribution in [0.3, 0.4) is 0 Å². The Hall–Kier alpha value is -1.26. The number of hydrogen-bond acceptors (Lipinski definition) is 4. The summed E-state index contributed by atoms with van der Waals surface area (Å²) in [6.07, 6.45) is 3.95. The first-order valence-electron chi connectivity index (χ1n) is 10.4. The molecule has 0 bridgehead atoms. The highest BCUT2D eigenvalue weighted by molar-refractivity contribution is 14.0. The zero-order valence-electron chi connectivity index (χ0n) is 17.9. The van der Waals surface area contributed by atoms with Gasteiger partial charge in [-0.05, 0) is 76.5 Å². The maximum absolute atomic E-state index is 11.2. The van der Waals surface area contributed by atoms with Gasteiger partial charge in [-0.25, -0.2) is 0 Å². The maximum atomic E-state index is 11.2. The Kier molecular flexibility index (Phi) is 13.1. The standard InChI is InChI=1S/C21H34ClN5O2.HI/c1-16(29-19-7-5-18(22)6-8-19)15-26-21(24-2)25-11-3-4-12-27-13-9-17(10-14-27)20(23)28;/h5-8,16-17H,3-4,9-15H2,1-2H3,(H2,23,28)(H2,24,25,26);1H. The van der Waals surface area contributed by atoms with Crippen LogP contribution in [0.4, 0.5) is 0 Å². The number of nitrogens with one attached hydrogen (secondary N) is 2. The fraction of sp³-hybridized carbons (Fsp3) is 0.619. The van der Waals surface area contributed by atoms with Gasteiger partial charge in [-0.1, -0.05) is 11.6 Å². The molecule has 1 heterocycles. The van der Waals surface area contributed by atoms with Crippen molar-refractivity contribution in [2.75, 3.05) is 39.8 Å². The van der Waals surface area contributed by atoms with Crippen molar-refractivity contribution in [2.45, 2.75) is 38.7 Å². The van der Waals surface area contributed by atoms with Crippen LogP contribution in [-0.2, 0) is 4.79 Å². The number of amides is 1. The Morgan fingerprint density at radius 1 is 1.27 bits per heavy atom. The number of likely N-dealkylation sites (tertiary alicyclic amines) is 1. The summed E-state index contributed by atoms with van der Waals surface area (Å²) in [6.45, 7) is 6.52. The van der Waals surface area contributed by atoms with Gasteiger partial charge in [0.2, 0.25) is 5.91 Å². The van der Waals surface area contributed by atoms with Crippen molar-refractivity contribution >= 4 is 47.4 Å². The van der Waals surface area contributed by atoms with E-state index in [-0.39, 0.29) is 41.9 Å². The van der Waals surface area contributed by atoms with E-state index in [4.69, 9.17) is 22.1 Å². The van der Waals surface area contributed by atoms with Gasteiger partial charge in [-0.15, -0.1) is 24.0 Å². The fourth-order valence-corrected chi connectivity index (χ4v) is 3.48. The minimum absolute atomic E-state index is 0. The number of unbranched alkanes of at least 4 members (excludes halogenated alkanes) is 1. The number of ether oxygens (including phenoxy) is 1. The molecule has 1 saturated heterocycles. The first kappa shape index (κ1) is 26.8. The number of carbonyl (C=O) groups is 1. The number of carbonyl (C=O) groups excluding carboxylic acids is 1. The van der Waals surface area contributed by atoms with Gasteiger partial charge < -0.3 is 26.0 Å². The molecule has 1 unspecified atom stereocenters. The topological polar surface area (TPSA) is 92.0 Å². The third-order valence-corrected chi connectivity index (χ3v) is 5.37. The number of primary amides is 1. The molecule has 30 heavy (non-hydrogen) atoms. The lowest BCUT2D eigenvalue weighted by Gasteiger charge is -2.30. The third kappa shape index (κ3) is 10.2. The van der Waals surface area contributed by atoms with E-state index in [0.29, 0.717) is 11.6 Å². The molecule has 1 aromatic rings. The zero-order chi connectivity index (χ0) is 21.1. The number of benzene rings is 1. The number of aliphatic imine (C=N–C) groups is 1. The second-order valence-corrected chi connectivity index (χ2v) is 7.92. The number of rotatable bonds is 10. The van der Waals surface area contributed by atoms with Gasteiger partial charge in [0, 0.05) is 24.5 Å². The largest absolute Gasteiger partial charge is 0.489 e. The molecule has 9 heteroatoms. The molecule has 0 spiro atoms. The van der Waals surface area contributed by atoms with Gasteiger partial charge in [0.25, 0.3) is 0 Å². The van der Waals surface area contributed by atoms with E-state index in [2.05, 4.69) is 20.5 Å². The lowest BCUT2D eigenvalue weighted by atomic mass is 9.96. The first-order chi connectivity index (χ1) is 14.0. The first-order valence-corrected chi connectivity index (χ1v) is 10.7. The Morgan fingerprint density at radius 3 is 2.53 bits per heavy atom. The van der Waals surface area contributed by atoms with E-state index in [0.717, 1.165) is 63.6 Å². The second-order valence-electron chi connectivity index (χ2n) is 7.49. The van der Waals surface area contributed by atoms with E-state index in [1.807, 2.05) is 31.2 Å². The molecule has 170 valence electrons. The molecule has 0 aromatic heterocycles. The Morgan fingerprint density at radius 2 is 1.93 bits per heavy atom. The predicted molar refractivity (Wildman–Crippen MR) is 134 cm³/mol. The molecule has 0 aliphatic carbocycles. The second kappa shape index (κ2) is 14.7. The summed E-state index contributed by atoms with van der Waals surface area (Å²) in [5, 5.41) is 7.33. The quantitative estimate of drug-likeness (QED) is 0.180. The molecule has 1 aliphatic rings. The summed E-state index contributed by atoms with van der Waals surface area (Å²) in [5.74, 6) is 1.49. The fourth-order valence-electron chi connectivity index (χ4n) is 3.36. The van der Waals surface area contributed by atoms with Crippen LogP contribution in [0.2, 0.25) is 5.02 Å². The summed E-state index contributed by atoms with van der Waals surface area (Å²) in [7, 11) is 1.77. The molecule has 1 aliphatic heterocycles. The van der Waals surface area contributed by atoms with Crippen LogP contribution in [-0.4, -0.2) is 62.6 Å². The molecule has 4 N–H and O–H groups in total. The zero-order valence-corrected chi connectivity index (χ0v) is 21.0. The number of guanidine groups is 1. The van der Waals surface area contributed by atoms with Crippen molar-refractivity contribution in [3.63, 3.8) is 0 Å². The molecule has 2 rings (SSSR count). The van der Waals surface area contributed by atoms with Crippen LogP contribution in [0.25, 0.3) is 0 Å². The third-order valence-electron chi connectivity index (χ3n) is 5.11. The highest BCUT2D eigenvalue weighted by Gasteiger charge is 2.22. The number of hydrogen-bond donors (Lipinski definition) is 3. The highest BCUT2D eigenvalue weighted by Crippen LogP contribution is 2.17. The molecular formula is C21H35ClIN5O2. The van der Waals surface area contributed by atoms with Gasteiger partial charge in [0.05, 0.1) is 6.54 Å². The molecule has 0 saturated carbocycles. The smallest absolute Gasteiger partial charge is 0.220 e. The summed E-state index contributed by atoms with van der Waals surface area (Å²) in [6, 6.07) is 7.36.